The molecule has 2 N–H and O–H groups in total. The van der Waals surface area contributed by atoms with Crippen molar-refractivity contribution in [3.63, 3.8) is 0 Å². The number of nitrogens with one attached hydrogen (secondary N) is 2. The molecule has 2 aliphatic rings. The summed E-state index contributed by atoms with van der Waals surface area (Å²) < 4.78 is 0. The molecule has 0 spiro atoms. The molecule has 1 aliphatic heterocycles. The predicted molar refractivity (Wildman–Crippen MR) is 143 cm³/mol. The topological polar surface area (TPSA) is 104 Å². The van der Waals surface area contributed by atoms with Crippen LogP contribution >= 0.6 is 0 Å². The second-order valence-electron chi connectivity index (χ2n) is 10.5. The van der Waals surface area contributed by atoms with Gasteiger partial charge in [0.25, 0.3) is 0 Å². The van der Waals surface area contributed by atoms with E-state index in [1.807, 2.05) is 45.0 Å². The van der Waals surface area contributed by atoms with Gasteiger partial charge in [-0.1, -0.05) is 52.2 Å². The molecule has 2 heterocycles. The molecule has 0 unspecified atom stereocenters. The maximum absolute atomic E-state index is 14.0. The van der Waals surface area contributed by atoms with Crippen molar-refractivity contribution in [2.24, 2.45) is 17.8 Å². The lowest BCUT2D eigenvalue weighted by Gasteiger charge is -2.35. The third-order valence-corrected chi connectivity index (χ3v) is 7.99. The molecule has 0 radical (unpaired) electrons. The molecule has 4 rings (SSSR count). The summed E-state index contributed by atoms with van der Waals surface area (Å²) in [4.78, 5) is 50.9. The zero-order chi connectivity index (χ0) is 26.4. The van der Waals surface area contributed by atoms with Crippen LogP contribution in [-0.2, 0) is 14.4 Å². The Balaban J connectivity index is 1.56. The monoisotopic (exact) mass is 505 g/mol. The van der Waals surface area contributed by atoms with Crippen LogP contribution in [-0.4, -0.2) is 51.2 Å². The van der Waals surface area contributed by atoms with Crippen LogP contribution < -0.4 is 10.6 Å². The molecule has 1 aromatic carbocycles. The Bertz CT molecular complexity index is 1090. The highest BCUT2D eigenvalue weighted by Gasteiger charge is 2.44. The van der Waals surface area contributed by atoms with E-state index in [1.54, 1.807) is 23.4 Å². The summed E-state index contributed by atoms with van der Waals surface area (Å²) in [5, 5.41) is 6.14. The fourth-order valence-corrected chi connectivity index (χ4v) is 5.53. The Morgan fingerprint density at radius 1 is 1.03 bits per heavy atom. The number of anilines is 1. The van der Waals surface area contributed by atoms with Crippen molar-refractivity contribution in [2.75, 3.05) is 11.9 Å². The number of carbonyl (C=O) groups is 3. The van der Waals surface area contributed by atoms with Crippen LogP contribution in [0, 0.1) is 17.8 Å². The van der Waals surface area contributed by atoms with E-state index in [-0.39, 0.29) is 35.5 Å². The zero-order valence-corrected chi connectivity index (χ0v) is 22.2. The number of para-hydroxylation sites is 1. The van der Waals surface area contributed by atoms with Crippen molar-refractivity contribution in [3.05, 3.63) is 42.7 Å². The normalized spacial score (nSPS) is 21.8. The molecule has 2 fully saturated rings. The van der Waals surface area contributed by atoms with Crippen molar-refractivity contribution in [2.45, 2.75) is 77.8 Å². The molecule has 1 aliphatic carbocycles. The minimum atomic E-state index is -0.608. The molecule has 37 heavy (non-hydrogen) atoms. The van der Waals surface area contributed by atoms with Crippen LogP contribution in [0.15, 0.2) is 42.7 Å². The standard InChI is InChI=1S/C29H39N5O3/c1-4-19(2)27(35)33-24(21-11-6-5-7-12-21)29(37)34-18-15-20(3)25(34)28(36)32-23-14-9-8-13-22(23)26-30-16-10-17-31-26/h8-10,13-14,16-17,19-21,24-25H,4-7,11-12,15,18H2,1-3H3,(H,32,36)(H,33,35)/t19-,20+,24+,25+/m1/s1. The number of likely N-dealkylation sites (tertiary alicyclic amines) is 1. The molecule has 3 amide bonds. The molecule has 0 bridgehead atoms. The maximum atomic E-state index is 14.0. The Hall–Kier alpha value is -3.29. The highest BCUT2D eigenvalue weighted by molar-refractivity contribution is 6.01. The van der Waals surface area contributed by atoms with Gasteiger partial charge in [-0.15, -0.1) is 0 Å². The molecule has 198 valence electrons. The van der Waals surface area contributed by atoms with Crippen molar-refractivity contribution >= 4 is 23.4 Å². The number of rotatable bonds is 8. The van der Waals surface area contributed by atoms with Gasteiger partial charge in [-0.3, -0.25) is 14.4 Å². The first-order chi connectivity index (χ1) is 17.9. The van der Waals surface area contributed by atoms with Crippen LogP contribution in [0.3, 0.4) is 0 Å². The summed E-state index contributed by atoms with van der Waals surface area (Å²) in [6.45, 7) is 6.38. The number of amides is 3. The molecule has 1 aromatic heterocycles. The van der Waals surface area contributed by atoms with E-state index in [9.17, 15) is 14.4 Å². The van der Waals surface area contributed by atoms with E-state index in [4.69, 9.17) is 0 Å². The first-order valence-electron chi connectivity index (χ1n) is 13.7. The average molecular weight is 506 g/mol. The molecule has 2 aromatic rings. The molecule has 1 saturated carbocycles. The minimum absolute atomic E-state index is 0.00126. The molecule has 4 atom stereocenters. The summed E-state index contributed by atoms with van der Waals surface area (Å²) in [6, 6.07) is 7.98. The van der Waals surface area contributed by atoms with Crippen LogP contribution in [0.5, 0.6) is 0 Å². The van der Waals surface area contributed by atoms with Gasteiger partial charge in [0, 0.05) is 30.4 Å². The number of aromatic nitrogens is 2. The summed E-state index contributed by atoms with van der Waals surface area (Å²) in [5.74, 6) is 0.0240. The fraction of sp³-hybridized carbons (Fsp3) is 0.552. The quantitative estimate of drug-likeness (QED) is 0.552. The number of nitrogens with zero attached hydrogens (tertiary/aromatic N) is 3. The zero-order valence-electron chi connectivity index (χ0n) is 22.2. The third kappa shape index (κ3) is 6.17. The number of carbonyl (C=O) groups excluding carboxylic acids is 3. The number of benzene rings is 1. The number of hydrogen-bond donors (Lipinski definition) is 2. The largest absolute Gasteiger partial charge is 0.344 e. The summed E-state index contributed by atoms with van der Waals surface area (Å²) >= 11 is 0. The van der Waals surface area contributed by atoms with Gasteiger partial charge in [0.2, 0.25) is 17.7 Å². The SMILES string of the molecule is CC[C@@H](C)C(=O)N[C@H](C(=O)N1CC[C@H](C)[C@H]1C(=O)Nc1ccccc1-c1ncccn1)C1CCCCC1. The van der Waals surface area contributed by atoms with Crippen molar-refractivity contribution in [1.29, 1.82) is 0 Å². The van der Waals surface area contributed by atoms with Crippen LogP contribution in [0.1, 0.15) is 65.7 Å². The van der Waals surface area contributed by atoms with Gasteiger partial charge in [0.1, 0.15) is 12.1 Å². The lowest BCUT2D eigenvalue weighted by atomic mass is 9.83. The number of hydrogen-bond acceptors (Lipinski definition) is 5. The van der Waals surface area contributed by atoms with Crippen molar-refractivity contribution in [3.8, 4) is 11.4 Å². The molecular weight excluding hydrogens is 466 g/mol. The lowest BCUT2D eigenvalue weighted by Crippen LogP contribution is -2.56. The van der Waals surface area contributed by atoms with E-state index >= 15 is 0 Å². The van der Waals surface area contributed by atoms with Gasteiger partial charge >= 0.3 is 0 Å². The Morgan fingerprint density at radius 3 is 2.43 bits per heavy atom. The summed E-state index contributed by atoms with van der Waals surface area (Å²) in [6.07, 6.45) is 9.91. The van der Waals surface area contributed by atoms with Crippen LogP contribution in [0.25, 0.3) is 11.4 Å². The van der Waals surface area contributed by atoms with Crippen molar-refractivity contribution in [1.82, 2.24) is 20.2 Å². The second kappa shape index (κ2) is 12.3. The molecule has 8 heteroatoms. The third-order valence-electron chi connectivity index (χ3n) is 7.99. The van der Waals surface area contributed by atoms with Gasteiger partial charge in [-0.2, -0.15) is 0 Å². The highest BCUT2D eigenvalue weighted by atomic mass is 16.2. The van der Waals surface area contributed by atoms with E-state index in [0.29, 0.717) is 24.5 Å². The van der Waals surface area contributed by atoms with Crippen LogP contribution in [0.4, 0.5) is 5.69 Å². The summed E-state index contributed by atoms with van der Waals surface area (Å²) in [7, 11) is 0. The van der Waals surface area contributed by atoms with Gasteiger partial charge in [-0.05, 0) is 55.7 Å². The van der Waals surface area contributed by atoms with Gasteiger partial charge < -0.3 is 15.5 Å². The van der Waals surface area contributed by atoms with Gasteiger partial charge in [0.15, 0.2) is 5.82 Å². The predicted octanol–water partition coefficient (Wildman–Crippen LogP) is 4.43. The molecular formula is C29H39N5O3. The Morgan fingerprint density at radius 2 is 1.73 bits per heavy atom. The average Bonchev–Trinajstić information content (AvgIpc) is 3.33. The highest BCUT2D eigenvalue weighted by Crippen LogP contribution is 2.32. The lowest BCUT2D eigenvalue weighted by molar-refractivity contribution is -0.143. The molecule has 8 nitrogen and oxygen atoms in total. The minimum Gasteiger partial charge on any atom is -0.344 e. The smallest absolute Gasteiger partial charge is 0.247 e. The van der Waals surface area contributed by atoms with E-state index in [2.05, 4.69) is 20.6 Å². The van der Waals surface area contributed by atoms with E-state index in [0.717, 1.165) is 44.1 Å². The molecule has 1 saturated heterocycles. The van der Waals surface area contributed by atoms with E-state index in [1.165, 1.54) is 0 Å². The first-order valence-corrected chi connectivity index (χ1v) is 13.7. The van der Waals surface area contributed by atoms with Gasteiger partial charge in [0.05, 0.1) is 5.69 Å². The fourth-order valence-electron chi connectivity index (χ4n) is 5.53. The second-order valence-corrected chi connectivity index (χ2v) is 10.5. The Labute approximate surface area is 219 Å². The van der Waals surface area contributed by atoms with Crippen LogP contribution in [0.2, 0.25) is 0 Å². The van der Waals surface area contributed by atoms with Crippen molar-refractivity contribution < 1.29 is 14.4 Å². The maximum Gasteiger partial charge on any atom is 0.247 e. The first kappa shape index (κ1) is 26.8. The van der Waals surface area contributed by atoms with E-state index < -0.39 is 12.1 Å². The van der Waals surface area contributed by atoms with Gasteiger partial charge in [-0.25, -0.2) is 9.97 Å². The Kier molecular flexibility index (Phi) is 8.90. The summed E-state index contributed by atoms with van der Waals surface area (Å²) in [5.41, 5.74) is 1.33.